The van der Waals surface area contributed by atoms with E-state index >= 15 is 0 Å². The second-order valence-corrected chi connectivity index (χ2v) is 6.61. The number of carbonyl (C=O) groups excluding carboxylic acids is 1. The fourth-order valence-corrected chi connectivity index (χ4v) is 2.94. The van der Waals surface area contributed by atoms with Crippen LogP contribution < -0.4 is 0 Å². The number of alkyl halides is 3. The molecule has 1 unspecified atom stereocenters. The molecule has 0 aliphatic rings. The minimum atomic E-state index is -4.52. The summed E-state index contributed by atoms with van der Waals surface area (Å²) in [7, 11) is 0. The lowest BCUT2D eigenvalue weighted by Gasteiger charge is -2.18. The molecule has 0 amide bonds. The SMILES string of the molecule is Cc1c(Cl)cc(C(/C=C/c2ccc(C=O)c(Cl)c2)C(F)(F)F)cc1Cl. The normalized spacial score (nSPS) is 13.2. The lowest BCUT2D eigenvalue weighted by Crippen LogP contribution is -2.19. The Labute approximate surface area is 158 Å². The van der Waals surface area contributed by atoms with Gasteiger partial charge in [0.15, 0.2) is 6.29 Å². The van der Waals surface area contributed by atoms with Crippen molar-refractivity contribution in [2.45, 2.75) is 19.0 Å². The van der Waals surface area contributed by atoms with Gasteiger partial charge in [0.25, 0.3) is 0 Å². The first-order valence-corrected chi connectivity index (χ1v) is 8.22. The summed E-state index contributed by atoms with van der Waals surface area (Å²) in [6, 6.07) is 6.89. The monoisotopic (exact) mass is 406 g/mol. The maximum atomic E-state index is 13.5. The fraction of sp³-hybridized carbons (Fsp3) is 0.167. The van der Waals surface area contributed by atoms with Crippen molar-refractivity contribution in [2.75, 3.05) is 0 Å². The minimum absolute atomic E-state index is 0.0556. The first kappa shape index (κ1) is 19.8. The Hall–Kier alpha value is -1.49. The summed E-state index contributed by atoms with van der Waals surface area (Å²) in [6.07, 6.45) is -1.65. The van der Waals surface area contributed by atoms with Crippen molar-refractivity contribution < 1.29 is 18.0 Å². The summed E-state index contributed by atoms with van der Waals surface area (Å²) in [5.41, 5.74) is 1.17. The summed E-state index contributed by atoms with van der Waals surface area (Å²) in [6.45, 7) is 1.63. The molecule has 2 aromatic rings. The zero-order chi connectivity index (χ0) is 18.8. The molecule has 0 N–H and O–H groups in total. The van der Waals surface area contributed by atoms with Crippen molar-refractivity contribution in [3.63, 3.8) is 0 Å². The number of halogens is 6. The number of carbonyl (C=O) groups is 1. The summed E-state index contributed by atoms with van der Waals surface area (Å²) in [4.78, 5) is 10.7. The fourth-order valence-electron chi connectivity index (χ4n) is 2.20. The maximum absolute atomic E-state index is 13.5. The van der Waals surface area contributed by atoms with Crippen LogP contribution in [-0.4, -0.2) is 12.5 Å². The smallest absolute Gasteiger partial charge is 0.298 e. The van der Waals surface area contributed by atoms with E-state index in [1.807, 2.05) is 0 Å². The third kappa shape index (κ3) is 4.78. The molecule has 2 rings (SSSR count). The second kappa shape index (κ2) is 7.81. The van der Waals surface area contributed by atoms with E-state index in [0.717, 1.165) is 6.08 Å². The first-order chi connectivity index (χ1) is 11.6. The summed E-state index contributed by atoms with van der Waals surface area (Å²) in [5, 5.41) is 0.509. The van der Waals surface area contributed by atoms with Crippen LogP contribution in [0.25, 0.3) is 6.08 Å². The highest BCUT2D eigenvalue weighted by Crippen LogP contribution is 2.39. The van der Waals surface area contributed by atoms with Crippen LogP contribution in [0.15, 0.2) is 36.4 Å². The predicted octanol–water partition coefficient (Wildman–Crippen LogP) is 7.13. The number of benzene rings is 2. The van der Waals surface area contributed by atoms with E-state index in [1.54, 1.807) is 6.92 Å². The molecule has 0 aliphatic heterocycles. The van der Waals surface area contributed by atoms with Gasteiger partial charge in [0.05, 0.1) is 10.9 Å². The molecule has 0 heterocycles. The molecule has 0 aliphatic carbocycles. The number of aldehydes is 1. The molecule has 1 atom stereocenters. The summed E-state index contributed by atoms with van der Waals surface area (Å²) >= 11 is 17.8. The van der Waals surface area contributed by atoms with Gasteiger partial charge in [-0.15, -0.1) is 0 Å². The number of hydrogen-bond donors (Lipinski definition) is 0. The molecular formula is C18H12Cl3F3O. The van der Waals surface area contributed by atoms with Gasteiger partial charge in [0.1, 0.15) is 0 Å². The lowest BCUT2D eigenvalue weighted by molar-refractivity contribution is -0.139. The van der Waals surface area contributed by atoms with E-state index in [4.69, 9.17) is 34.8 Å². The van der Waals surface area contributed by atoms with Gasteiger partial charge in [-0.25, -0.2) is 0 Å². The van der Waals surface area contributed by atoms with Gasteiger partial charge in [0.2, 0.25) is 0 Å². The van der Waals surface area contributed by atoms with Crippen LogP contribution in [0.4, 0.5) is 13.2 Å². The van der Waals surface area contributed by atoms with Gasteiger partial charge < -0.3 is 0 Å². The van der Waals surface area contributed by atoms with Crippen LogP contribution in [-0.2, 0) is 0 Å². The van der Waals surface area contributed by atoms with E-state index in [1.165, 1.54) is 36.4 Å². The van der Waals surface area contributed by atoms with Gasteiger partial charge in [-0.05, 0) is 47.9 Å². The molecule has 0 saturated heterocycles. The standard InChI is InChI=1S/C18H12Cl3F3O/c1-10-15(19)7-13(8-16(10)20)14(18(22,23)24)5-3-11-2-4-12(9-25)17(21)6-11/h2-9,14H,1H3/b5-3+. The predicted molar refractivity (Wildman–Crippen MR) is 95.9 cm³/mol. The molecular weight excluding hydrogens is 396 g/mol. The van der Waals surface area contributed by atoms with Crippen LogP contribution >= 0.6 is 34.8 Å². The third-order valence-electron chi connectivity index (χ3n) is 3.65. The highest BCUT2D eigenvalue weighted by molar-refractivity contribution is 6.36. The Bertz CT molecular complexity index is 806. The zero-order valence-electron chi connectivity index (χ0n) is 12.9. The van der Waals surface area contributed by atoms with Crippen molar-refractivity contribution in [3.8, 4) is 0 Å². The number of hydrogen-bond acceptors (Lipinski definition) is 1. The molecule has 2 aromatic carbocycles. The minimum Gasteiger partial charge on any atom is -0.298 e. The Kier molecular flexibility index (Phi) is 6.20. The summed E-state index contributed by atoms with van der Waals surface area (Å²) in [5.74, 6) is -1.88. The summed E-state index contributed by atoms with van der Waals surface area (Å²) < 4.78 is 40.4. The number of allylic oxidation sites excluding steroid dienone is 1. The molecule has 0 fully saturated rings. The quantitative estimate of drug-likeness (QED) is 0.493. The highest BCUT2D eigenvalue weighted by Gasteiger charge is 2.39. The molecule has 0 spiro atoms. The van der Waals surface area contributed by atoms with Crippen LogP contribution in [0, 0.1) is 6.92 Å². The molecule has 0 bridgehead atoms. The first-order valence-electron chi connectivity index (χ1n) is 7.08. The van der Waals surface area contributed by atoms with Gasteiger partial charge in [-0.3, -0.25) is 4.79 Å². The molecule has 0 aromatic heterocycles. The molecule has 25 heavy (non-hydrogen) atoms. The van der Waals surface area contributed by atoms with Gasteiger partial charge in [-0.2, -0.15) is 13.2 Å². The molecule has 7 heteroatoms. The van der Waals surface area contributed by atoms with Gasteiger partial charge in [-0.1, -0.05) is 53.0 Å². The Morgan fingerprint density at radius 3 is 2.08 bits per heavy atom. The molecule has 0 radical (unpaired) electrons. The average Bonchev–Trinajstić information content (AvgIpc) is 2.51. The Balaban J connectivity index is 2.43. The van der Waals surface area contributed by atoms with Crippen LogP contribution in [0.1, 0.15) is 33.0 Å². The van der Waals surface area contributed by atoms with E-state index in [2.05, 4.69) is 0 Å². The zero-order valence-corrected chi connectivity index (χ0v) is 15.1. The molecule has 0 saturated carbocycles. The molecule has 132 valence electrons. The van der Waals surface area contributed by atoms with E-state index in [0.29, 0.717) is 17.4 Å². The Morgan fingerprint density at radius 2 is 1.60 bits per heavy atom. The highest BCUT2D eigenvalue weighted by atomic mass is 35.5. The van der Waals surface area contributed by atoms with Crippen molar-refractivity contribution in [3.05, 3.63) is 73.7 Å². The van der Waals surface area contributed by atoms with Crippen LogP contribution in [0.2, 0.25) is 15.1 Å². The second-order valence-electron chi connectivity index (χ2n) is 5.39. The van der Waals surface area contributed by atoms with Crippen molar-refractivity contribution in [1.82, 2.24) is 0 Å². The van der Waals surface area contributed by atoms with Crippen LogP contribution in [0.5, 0.6) is 0 Å². The Morgan fingerprint density at radius 1 is 1.00 bits per heavy atom. The van der Waals surface area contributed by atoms with Crippen molar-refractivity contribution in [1.29, 1.82) is 0 Å². The largest absolute Gasteiger partial charge is 0.399 e. The maximum Gasteiger partial charge on any atom is 0.399 e. The van der Waals surface area contributed by atoms with Crippen molar-refractivity contribution >= 4 is 47.2 Å². The third-order valence-corrected chi connectivity index (χ3v) is 4.76. The van der Waals surface area contributed by atoms with Crippen LogP contribution in [0.3, 0.4) is 0 Å². The average molecular weight is 408 g/mol. The molecule has 1 nitrogen and oxygen atoms in total. The van der Waals surface area contributed by atoms with E-state index in [9.17, 15) is 18.0 Å². The van der Waals surface area contributed by atoms with Crippen molar-refractivity contribution in [2.24, 2.45) is 0 Å². The van der Waals surface area contributed by atoms with E-state index in [-0.39, 0.29) is 26.2 Å². The number of rotatable bonds is 4. The topological polar surface area (TPSA) is 17.1 Å². The van der Waals surface area contributed by atoms with Gasteiger partial charge in [0, 0.05) is 15.6 Å². The van der Waals surface area contributed by atoms with Gasteiger partial charge >= 0.3 is 6.18 Å². The lowest BCUT2D eigenvalue weighted by atomic mass is 9.96. The van der Waals surface area contributed by atoms with E-state index < -0.39 is 12.1 Å².